The average Bonchev–Trinajstić information content (AvgIpc) is 3.25. The van der Waals surface area contributed by atoms with Crippen molar-refractivity contribution in [2.45, 2.75) is 173 Å². The number of allylic oxidation sites excluding steroid dienone is 6. The molecule has 4 heterocycles. The zero-order valence-corrected chi connectivity index (χ0v) is 39.3. The Hall–Kier alpha value is -3.04. The number of rotatable bonds is 5. The van der Waals surface area contributed by atoms with E-state index in [0.717, 1.165) is 12.0 Å². The molecule has 63 heavy (non-hydrogen) atoms. The smallest absolute Gasteiger partial charge is 0.329 e. The van der Waals surface area contributed by atoms with Crippen molar-refractivity contribution in [3.63, 3.8) is 0 Å². The molecule has 0 aromatic rings. The molecular weight excluding hydrogens is 807 g/mol. The minimum atomic E-state index is -1.75. The summed E-state index contributed by atoms with van der Waals surface area (Å²) in [4.78, 5) is 58.1. The van der Waals surface area contributed by atoms with Crippen molar-refractivity contribution in [1.29, 1.82) is 0 Å². The summed E-state index contributed by atoms with van der Waals surface area (Å²) in [7, 11) is 4.64. The third kappa shape index (κ3) is 12.7. The van der Waals surface area contributed by atoms with Gasteiger partial charge in [0.2, 0.25) is 5.91 Å². The van der Waals surface area contributed by atoms with Gasteiger partial charge in [-0.3, -0.25) is 14.4 Å². The molecule has 16 atom stereocenters. The lowest BCUT2D eigenvalue weighted by Crippen LogP contribution is -2.62. The minimum Gasteiger partial charge on any atom is -0.460 e. The predicted octanol–water partition coefficient (Wildman–Crippen LogP) is 6.22. The van der Waals surface area contributed by atoms with Crippen molar-refractivity contribution in [2.75, 3.05) is 27.9 Å². The van der Waals surface area contributed by atoms with Crippen LogP contribution >= 0.6 is 0 Å². The quantitative estimate of drug-likeness (QED) is 0.210. The van der Waals surface area contributed by atoms with Crippen LogP contribution in [0.1, 0.15) is 119 Å². The maximum Gasteiger partial charge on any atom is 0.329 e. The molecule has 4 aliphatic heterocycles. The third-order valence-electron chi connectivity index (χ3n) is 15.0. The fourth-order valence-electron chi connectivity index (χ4n) is 11.0. The highest BCUT2D eigenvalue weighted by atomic mass is 16.6. The SMILES string of the molecule is CO[C@H]1C[C@@H]2CC[C@@H](C)[C@](O)(CC(=O)N3CCCC4[C@H]3C(=O)O[C@@H](CC(=O)[C@H](C)/C=C(\C)[C@@H](O)[C@@H](OC)C(=O)[C@H](C)C[C@H](C)/C=C/C=C/C=C/1C)[C@H]4C[C@@H]1CC[C@@H](O)[C@H](OC)C1)O2. The molecule has 13 nitrogen and oxygen atoms in total. The molecule has 1 unspecified atom stereocenters. The first kappa shape index (κ1) is 51.0. The van der Waals surface area contributed by atoms with E-state index in [4.69, 9.17) is 23.7 Å². The van der Waals surface area contributed by atoms with Crippen LogP contribution in [0.25, 0.3) is 0 Å². The Morgan fingerprint density at radius 2 is 1.60 bits per heavy atom. The standard InChI is InChI=1S/C50H77NO12/c1-29-14-11-10-12-15-30(2)41(59-7)26-36-19-17-34(6)50(58,63-36)28-44(54)51-21-13-16-37-38(24-35-18-20-39(52)43(25-35)60-8)42(62-49(57)45(37)51)27-40(53)31(3)23-33(5)47(56)48(61-9)46(55)32(4)22-29/h10-12,14-15,23,29,31-32,34-39,41-43,45,47-48,52,56,58H,13,16-22,24-28H2,1-9H3/b12-10+,14-11+,30-15+,33-23+/t29-,31-,32-,34-,35+,36+,37?,38+,39-,41+,42+,43-,45+,47-,48+,50+/m1/s1. The summed E-state index contributed by atoms with van der Waals surface area (Å²) in [6.07, 6.45) is 12.5. The number of Topliss-reactive ketones (excluding diaryl/α,β-unsaturated/α-hetero) is 2. The lowest BCUT2D eigenvalue weighted by atomic mass is 9.68. The fourth-order valence-corrected chi connectivity index (χ4v) is 11.0. The molecule has 1 amide bonds. The molecule has 6 bridgehead atoms. The molecule has 0 aromatic heterocycles. The number of esters is 1. The first-order valence-corrected chi connectivity index (χ1v) is 23.5. The van der Waals surface area contributed by atoms with Crippen molar-refractivity contribution in [2.24, 2.45) is 41.4 Å². The van der Waals surface area contributed by atoms with Crippen LogP contribution in [0.15, 0.2) is 47.6 Å². The number of piperidine rings is 1. The van der Waals surface area contributed by atoms with E-state index in [2.05, 4.69) is 0 Å². The van der Waals surface area contributed by atoms with Gasteiger partial charge in [-0.1, -0.05) is 64.2 Å². The maximum absolute atomic E-state index is 14.5. The molecule has 1 aliphatic carbocycles. The molecule has 0 radical (unpaired) electrons. The zero-order chi connectivity index (χ0) is 46.2. The molecule has 4 fully saturated rings. The summed E-state index contributed by atoms with van der Waals surface area (Å²) in [5.41, 5.74) is 1.40. The van der Waals surface area contributed by atoms with E-state index in [1.165, 1.54) is 7.11 Å². The summed E-state index contributed by atoms with van der Waals surface area (Å²) >= 11 is 0. The lowest BCUT2D eigenvalue weighted by Gasteiger charge is -2.50. The van der Waals surface area contributed by atoms with Crippen LogP contribution in [0.4, 0.5) is 0 Å². The molecule has 13 heteroatoms. The van der Waals surface area contributed by atoms with Crippen molar-refractivity contribution >= 4 is 23.4 Å². The van der Waals surface area contributed by atoms with Gasteiger partial charge in [0.05, 0.1) is 30.8 Å². The number of ether oxygens (including phenoxy) is 5. The molecule has 3 saturated heterocycles. The van der Waals surface area contributed by atoms with Gasteiger partial charge in [0.1, 0.15) is 30.1 Å². The van der Waals surface area contributed by atoms with Crippen molar-refractivity contribution < 1.29 is 58.2 Å². The van der Waals surface area contributed by atoms with E-state index in [9.17, 15) is 34.5 Å². The Bertz CT molecular complexity index is 1710. The topological polar surface area (TPSA) is 178 Å². The Morgan fingerprint density at radius 3 is 2.30 bits per heavy atom. The highest BCUT2D eigenvalue weighted by Gasteiger charge is 2.54. The number of methoxy groups -OCH3 is 3. The second kappa shape index (κ2) is 22.9. The number of carbonyl (C=O) groups is 4. The number of ketones is 2. The highest BCUT2D eigenvalue weighted by molar-refractivity contribution is 5.88. The van der Waals surface area contributed by atoms with Gasteiger partial charge in [0.25, 0.3) is 0 Å². The number of aliphatic hydroxyl groups is 3. The Balaban J connectivity index is 1.48. The van der Waals surface area contributed by atoms with Gasteiger partial charge in [0, 0.05) is 64.4 Å². The summed E-state index contributed by atoms with van der Waals surface area (Å²) < 4.78 is 29.8. The normalized spacial score (nSPS) is 43.6. The third-order valence-corrected chi connectivity index (χ3v) is 15.0. The Kier molecular flexibility index (Phi) is 18.5. The van der Waals surface area contributed by atoms with E-state index in [1.807, 2.05) is 58.1 Å². The second-order valence-electron chi connectivity index (χ2n) is 19.6. The number of hydrogen-bond donors (Lipinski definition) is 3. The molecule has 354 valence electrons. The Labute approximate surface area is 375 Å². The van der Waals surface area contributed by atoms with Crippen LogP contribution in [0.2, 0.25) is 0 Å². The largest absolute Gasteiger partial charge is 0.460 e. The van der Waals surface area contributed by atoms with Crippen LogP contribution in [-0.4, -0.2) is 126 Å². The second-order valence-corrected chi connectivity index (χ2v) is 19.6. The summed E-state index contributed by atoms with van der Waals surface area (Å²) in [6.45, 7) is 11.5. The number of carbonyl (C=O) groups excluding carboxylic acids is 4. The fraction of sp³-hybridized carbons (Fsp3) is 0.760. The van der Waals surface area contributed by atoms with Crippen molar-refractivity contribution in [3.05, 3.63) is 47.6 Å². The van der Waals surface area contributed by atoms with Crippen molar-refractivity contribution in [1.82, 2.24) is 4.90 Å². The van der Waals surface area contributed by atoms with E-state index < -0.39 is 54.0 Å². The molecular formula is C50H77NO12. The molecule has 1 saturated carbocycles. The van der Waals surface area contributed by atoms with Gasteiger partial charge in [0.15, 0.2) is 11.6 Å². The highest BCUT2D eigenvalue weighted by Crippen LogP contribution is 2.45. The first-order valence-electron chi connectivity index (χ1n) is 23.5. The summed E-state index contributed by atoms with van der Waals surface area (Å²) in [5, 5.41) is 34.1. The van der Waals surface area contributed by atoms with Crippen LogP contribution < -0.4 is 0 Å². The molecule has 0 aromatic carbocycles. The minimum absolute atomic E-state index is 0.0530. The summed E-state index contributed by atoms with van der Waals surface area (Å²) in [5.74, 6) is -4.92. The van der Waals surface area contributed by atoms with E-state index in [1.54, 1.807) is 39.0 Å². The number of amides is 1. The van der Waals surface area contributed by atoms with Crippen LogP contribution in [0, 0.1) is 41.4 Å². The Morgan fingerprint density at radius 1 is 0.857 bits per heavy atom. The predicted molar refractivity (Wildman–Crippen MR) is 238 cm³/mol. The van der Waals surface area contributed by atoms with Gasteiger partial charge in [-0.25, -0.2) is 4.79 Å². The van der Waals surface area contributed by atoms with Gasteiger partial charge in [-0.2, -0.15) is 0 Å². The monoisotopic (exact) mass is 884 g/mol. The van der Waals surface area contributed by atoms with Gasteiger partial charge >= 0.3 is 5.97 Å². The number of aliphatic hydroxyl groups excluding tert-OH is 2. The number of hydrogen-bond acceptors (Lipinski definition) is 12. The first-order chi connectivity index (χ1) is 29.9. The van der Waals surface area contributed by atoms with E-state index in [0.29, 0.717) is 69.9 Å². The maximum atomic E-state index is 14.5. The molecule has 0 spiro atoms. The van der Waals surface area contributed by atoms with E-state index in [-0.39, 0.29) is 78.2 Å². The van der Waals surface area contributed by atoms with E-state index >= 15 is 0 Å². The lowest BCUT2D eigenvalue weighted by molar-refractivity contribution is -0.284. The van der Waals surface area contributed by atoms with Crippen molar-refractivity contribution in [3.8, 4) is 0 Å². The average molecular weight is 884 g/mol. The van der Waals surface area contributed by atoms with Gasteiger partial charge in [-0.15, -0.1) is 0 Å². The van der Waals surface area contributed by atoms with Gasteiger partial charge in [-0.05, 0) is 101 Å². The van der Waals surface area contributed by atoms with Crippen LogP contribution in [-0.2, 0) is 42.9 Å². The van der Waals surface area contributed by atoms with Crippen LogP contribution in [0.5, 0.6) is 0 Å². The van der Waals surface area contributed by atoms with Crippen LogP contribution in [0.3, 0.4) is 0 Å². The molecule has 5 aliphatic rings. The number of nitrogens with zero attached hydrogens (tertiary/aromatic N) is 1. The zero-order valence-electron chi connectivity index (χ0n) is 39.3. The number of fused-ring (bicyclic) bond motifs is 3. The molecule has 3 N–H and O–H groups in total. The summed E-state index contributed by atoms with van der Waals surface area (Å²) in [6, 6.07) is -0.887. The molecule has 5 rings (SSSR count). The van der Waals surface area contributed by atoms with Gasteiger partial charge < -0.3 is 43.9 Å².